The average Bonchev–Trinajstić information content (AvgIpc) is 3.45. The molecule has 2 aliphatic heterocycles. The first-order valence-corrected chi connectivity index (χ1v) is 16.8. The molecule has 46 heavy (non-hydrogen) atoms. The molecule has 1 amide bonds. The van der Waals surface area contributed by atoms with Crippen molar-refractivity contribution in [3.63, 3.8) is 0 Å². The van der Waals surface area contributed by atoms with E-state index < -0.39 is 5.41 Å². The molecular weight excluding hydrogens is 572 g/mol. The van der Waals surface area contributed by atoms with Gasteiger partial charge in [-0.1, -0.05) is 36.2 Å². The highest BCUT2D eigenvalue weighted by molar-refractivity contribution is 5.94. The number of carbonyl (C=O) groups excluding carboxylic acids is 2. The Balaban J connectivity index is 1.27. The summed E-state index contributed by atoms with van der Waals surface area (Å²) in [5, 5.41) is 4.81. The average molecular weight is 621 g/mol. The van der Waals surface area contributed by atoms with Gasteiger partial charge in [0.2, 0.25) is 5.91 Å². The van der Waals surface area contributed by atoms with Crippen molar-refractivity contribution in [2.24, 2.45) is 5.92 Å². The van der Waals surface area contributed by atoms with Crippen LogP contribution in [-0.2, 0) is 21.4 Å². The number of benzene rings is 2. The number of aromatic amines is 1. The molecule has 2 N–H and O–H groups in total. The van der Waals surface area contributed by atoms with Crippen LogP contribution in [0.25, 0.3) is 22.2 Å². The second kappa shape index (κ2) is 13.0. The minimum atomic E-state index is -0.717. The van der Waals surface area contributed by atoms with E-state index in [0.717, 1.165) is 61.2 Å². The van der Waals surface area contributed by atoms with Gasteiger partial charge < -0.3 is 19.9 Å². The number of H-pyrrole nitrogens is 1. The van der Waals surface area contributed by atoms with Crippen LogP contribution in [0.2, 0.25) is 0 Å². The standard InChI is InChI=1S/C39H48N4O3/c1-24-17-25(2)19-30(18-24)36-35(26(3)21-40-16-15-27-7-11-29(12-8-27)37(44)46-6)32-20-34(41-22-33(32)42-36)39(4,5)38(45)43-23-28-9-13-31(43)14-10-28/h7-8,11-12,17-20,22,26,28,31,40,42H,9-10,13-16,21,23H2,1-6H3. The smallest absolute Gasteiger partial charge is 0.337 e. The van der Waals surface area contributed by atoms with E-state index in [9.17, 15) is 9.59 Å². The van der Waals surface area contributed by atoms with E-state index in [1.165, 1.54) is 47.8 Å². The molecule has 1 saturated carbocycles. The molecular formula is C39H48N4O3. The number of aryl methyl sites for hydroxylation is 2. The number of esters is 1. The van der Waals surface area contributed by atoms with E-state index in [2.05, 4.69) is 60.2 Å². The molecule has 2 saturated heterocycles. The zero-order valence-corrected chi connectivity index (χ0v) is 28.2. The van der Waals surface area contributed by atoms with E-state index in [0.29, 0.717) is 17.5 Å². The molecule has 2 aromatic heterocycles. The van der Waals surface area contributed by atoms with Crippen molar-refractivity contribution in [1.29, 1.82) is 0 Å². The van der Waals surface area contributed by atoms with E-state index >= 15 is 0 Å². The lowest BCUT2D eigenvalue weighted by Gasteiger charge is -2.47. The van der Waals surface area contributed by atoms with Crippen molar-refractivity contribution in [2.45, 2.75) is 84.1 Å². The lowest BCUT2D eigenvalue weighted by Crippen LogP contribution is -2.55. The third-order valence-corrected chi connectivity index (χ3v) is 10.3. The van der Waals surface area contributed by atoms with Gasteiger partial charge in [-0.2, -0.15) is 0 Å². The molecule has 7 nitrogen and oxygen atoms in total. The van der Waals surface area contributed by atoms with Crippen LogP contribution in [0, 0.1) is 19.8 Å². The molecule has 4 aromatic rings. The van der Waals surface area contributed by atoms with Gasteiger partial charge in [0.1, 0.15) is 0 Å². The molecule has 4 heterocycles. The fourth-order valence-corrected chi connectivity index (χ4v) is 7.68. The molecule has 3 fully saturated rings. The fourth-order valence-electron chi connectivity index (χ4n) is 7.68. The highest BCUT2D eigenvalue weighted by Gasteiger charge is 2.43. The molecule has 7 rings (SSSR count). The van der Waals surface area contributed by atoms with Gasteiger partial charge in [-0.3, -0.25) is 9.78 Å². The van der Waals surface area contributed by atoms with Crippen LogP contribution < -0.4 is 5.32 Å². The summed E-state index contributed by atoms with van der Waals surface area (Å²) in [5.41, 5.74) is 8.82. The third kappa shape index (κ3) is 6.35. The van der Waals surface area contributed by atoms with Crippen molar-refractivity contribution in [3.05, 3.63) is 88.2 Å². The molecule has 0 spiro atoms. The molecule has 2 aromatic carbocycles. The number of piperidine rings is 2. The van der Waals surface area contributed by atoms with Crippen molar-refractivity contribution >= 4 is 22.8 Å². The summed E-state index contributed by atoms with van der Waals surface area (Å²) in [6.45, 7) is 13.1. The van der Waals surface area contributed by atoms with Crippen LogP contribution >= 0.6 is 0 Å². The number of nitrogens with zero attached hydrogens (tertiary/aromatic N) is 2. The Labute approximate surface area is 273 Å². The first-order valence-electron chi connectivity index (χ1n) is 16.8. The van der Waals surface area contributed by atoms with Crippen LogP contribution in [0.3, 0.4) is 0 Å². The van der Waals surface area contributed by atoms with Crippen molar-refractivity contribution in [1.82, 2.24) is 20.2 Å². The number of hydrogen-bond acceptors (Lipinski definition) is 5. The summed E-state index contributed by atoms with van der Waals surface area (Å²) in [4.78, 5) is 36.6. The summed E-state index contributed by atoms with van der Waals surface area (Å²) in [5.74, 6) is 0.721. The Bertz CT molecular complexity index is 1710. The molecule has 1 atom stereocenters. The number of nitrogens with one attached hydrogen (secondary N) is 2. The van der Waals surface area contributed by atoms with E-state index in [4.69, 9.17) is 9.72 Å². The lowest BCUT2D eigenvalue weighted by molar-refractivity contribution is -0.144. The van der Waals surface area contributed by atoms with Crippen LogP contribution in [0.15, 0.2) is 54.7 Å². The Morgan fingerprint density at radius 2 is 1.74 bits per heavy atom. The maximum Gasteiger partial charge on any atom is 0.337 e. The Morgan fingerprint density at radius 3 is 2.37 bits per heavy atom. The van der Waals surface area contributed by atoms with Crippen LogP contribution in [0.4, 0.5) is 0 Å². The number of pyridine rings is 1. The van der Waals surface area contributed by atoms with E-state index in [1.807, 2.05) is 44.3 Å². The number of ether oxygens (including phenoxy) is 1. The molecule has 7 heteroatoms. The second-order valence-corrected chi connectivity index (χ2v) is 14.2. The third-order valence-electron chi connectivity index (χ3n) is 10.3. The lowest BCUT2D eigenvalue weighted by atomic mass is 9.77. The monoisotopic (exact) mass is 620 g/mol. The largest absolute Gasteiger partial charge is 0.465 e. The number of amides is 1. The Morgan fingerprint density at radius 1 is 1.04 bits per heavy atom. The predicted octanol–water partition coefficient (Wildman–Crippen LogP) is 7.25. The molecule has 1 unspecified atom stereocenters. The normalized spacial score (nSPS) is 18.6. The molecule has 2 bridgehead atoms. The highest BCUT2D eigenvalue weighted by atomic mass is 16.5. The number of carbonyl (C=O) groups is 2. The minimum Gasteiger partial charge on any atom is -0.465 e. The quantitative estimate of drug-likeness (QED) is 0.144. The summed E-state index contributed by atoms with van der Waals surface area (Å²) < 4.78 is 4.82. The number of fused-ring (bicyclic) bond motifs is 4. The van der Waals surface area contributed by atoms with Gasteiger partial charge in [-0.25, -0.2) is 4.79 Å². The first-order chi connectivity index (χ1) is 22.0. The SMILES string of the molecule is COC(=O)c1ccc(CCNCC(C)c2c(-c3cc(C)cc(C)c3)[nH]c3cnc(C(C)(C)C(=O)N4CC5CCC4CC5)cc23)cc1. The van der Waals surface area contributed by atoms with Gasteiger partial charge >= 0.3 is 5.97 Å². The molecule has 1 aliphatic carbocycles. The number of methoxy groups -OCH3 is 1. The maximum atomic E-state index is 14.1. The van der Waals surface area contributed by atoms with Crippen molar-refractivity contribution in [3.8, 4) is 11.3 Å². The summed E-state index contributed by atoms with van der Waals surface area (Å²) >= 11 is 0. The van der Waals surface area contributed by atoms with Gasteiger partial charge in [-0.15, -0.1) is 0 Å². The fraction of sp³-hybridized carbons (Fsp3) is 0.462. The van der Waals surface area contributed by atoms with Gasteiger partial charge in [0, 0.05) is 24.5 Å². The van der Waals surface area contributed by atoms with Gasteiger partial charge in [-0.05, 0) is 125 Å². The van der Waals surface area contributed by atoms with E-state index in [1.54, 1.807) is 0 Å². The maximum absolute atomic E-state index is 14.1. The minimum absolute atomic E-state index is 0.193. The first kappa shape index (κ1) is 32.0. The Hall–Kier alpha value is -3.97. The summed E-state index contributed by atoms with van der Waals surface area (Å²) in [6.07, 6.45) is 7.54. The van der Waals surface area contributed by atoms with Gasteiger partial charge in [0.15, 0.2) is 0 Å². The Kier molecular flexibility index (Phi) is 9.06. The van der Waals surface area contributed by atoms with Crippen LogP contribution in [-0.4, -0.2) is 59.5 Å². The highest BCUT2D eigenvalue weighted by Crippen LogP contribution is 2.40. The summed E-state index contributed by atoms with van der Waals surface area (Å²) in [6, 6.07) is 16.8. The summed E-state index contributed by atoms with van der Waals surface area (Å²) in [7, 11) is 1.40. The topological polar surface area (TPSA) is 87.3 Å². The second-order valence-electron chi connectivity index (χ2n) is 14.2. The van der Waals surface area contributed by atoms with Crippen molar-refractivity contribution in [2.75, 3.05) is 26.7 Å². The van der Waals surface area contributed by atoms with Crippen LogP contribution in [0.5, 0.6) is 0 Å². The van der Waals surface area contributed by atoms with Crippen LogP contribution in [0.1, 0.15) is 90.7 Å². The number of aromatic nitrogens is 2. The predicted molar refractivity (Wildman–Crippen MR) is 184 cm³/mol. The van der Waals surface area contributed by atoms with Crippen molar-refractivity contribution < 1.29 is 14.3 Å². The molecule has 0 radical (unpaired) electrons. The van der Waals surface area contributed by atoms with E-state index in [-0.39, 0.29) is 17.8 Å². The zero-order chi connectivity index (χ0) is 32.6. The molecule has 3 aliphatic rings. The van der Waals surface area contributed by atoms with Gasteiger partial charge in [0.25, 0.3) is 0 Å². The zero-order valence-electron chi connectivity index (χ0n) is 28.2. The number of hydrogen-bond donors (Lipinski definition) is 2. The number of rotatable bonds is 10. The van der Waals surface area contributed by atoms with Gasteiger partial charge in [0.05, 0.1) is 41.2 Å². The molecule has 242 valence electrons.